The highest BCUT2D eigenvalue weighted by molar-refractivity contribution is 6.30. The van der Waals surface area contributed by atoms with Crippen molar-refractivity contribution in [3.05, 3.63) is 46.9 Å². The summed E-state index contributed by atoms with van der Waals surface area (Å²) in [5.41, 5.74) is 4.37. The first-order valence-corrected chi connectivity index (χ1v) is 5.68. The molecular formula is C12H9ClF3N3. The SMILES string of the molecule is NCc1nccc(-c2ccc(Cl)cn2)c1C(F)(F)F. The zero-order chi connectivity index (χ0) is 14.0. The van der Waals surface area contributed by atoms with Gasteiger partial charge in [-0.05, 0) is 18.2 Å². The molecule has 0 aromatic carbocycles. The Hall–Kier alpha value is -1.66. The lowest BCUT2D eigenvalue weighted by Crippen LogP contribution is -2.15. The molecule has 0 spiro atoms. The second kappa shape index (κ2) is 5.14. The molecule has 0 radical (unpaired) electrons. The van der Waals surface area contributed by atoms with E-state index in [-0.39, 0.29) is 23.5 Å². The molecule has 2 rings (SSSR count). The van der Waals surface area contributed by atoms with Gasteiger partial charge in [-0.1, -0.05) is 11.6 Å². The van der Waals surface area contributed by atoms with E-state index in [1.807, 2.05) is 0 Å². The van der Waals surface area contributed by atoms with Crippen LogP contribution < -0.4 is 5.73 Å². The molecule has 2 aromatic rings. The summed E-state index contributed by atoms with van der Waals surface area (Å²) in [5.74, 6) is 0. The molecule has 3 nitrogen and oxygen atoms in total. The van der Waals surface area contributed by atoms with E-state index >= 15 is 0 Å². The number of halogens is 4. The van der Waals surface area contributed by atoms with Crippen molar-refractivity contribution in [2.45, 2.75) is 12.7 Å². The number of pyridine rings is 2. The molecule has 2 aromatic heterocycles. The van der Waals surface area contributed by atoms with Crippen molar-refractivity contribution in [2.24, 2.45) is 5.73 Å². The van der Waals surface area contributed by atoms with Gasteiger partial charge in [0.15, 0.2) is 0 Å². The number of rotatable bonds is 2. The van der Waals surface area contributed by atoms with E-state index in [1.54, 1.807) is 0 Å². The van der Waals surface area contributed by atoms with Crippen molar-refractivity contribution in [3.63, 3.8) is 0 Å². The summed E-state index contributed by atoms with van der Waals surface area (Å²) < 4.78 is 39.3. The zero-order valence-electron chi connectivity index (χ0n) is 9.58. The van der Waals surface area contributed by atoms with Crippen molar-refractivity contribution in [3.8, 4) is 11.3 Å². The molecule has 0 aliphatic heterocycles. The van der Waals surface area contributed by atoms with E-state index in [4.69, 9.17) is 17.3 Å². The summed E-state index contributed by atoms with van der Waals surface area (Å²) in [5, 5.41) is 0.352. The average Bonchev–Trinajstić information content (AvgIpc) is 2.37. The van der Waals surface area contributed by atoms with Crippen LogP contribution in [0, 0.1) is 0 Å². The van der Waals surface area contributed by atoms with Gasteiger partial charge in [-0.15, -0.1) is 0 Å². The van der Waals surface area contributed by atoms with Crippen LogP contribution in [0.1, 0.15) is 11.3 Å². The Morgan fingerprint density at radius 3 is 2.42 bits per heavy atom. The third-order valence-electron chi connectivity index (χ3n) is 2.51. The van der Waals surface area contributed by atoms with Crippen LogP contribution in [0.15, 0.2) is 30.6 Å². The van der Waals surface area contributed by atoms with Gasteiger partial charge >= 0.3 is 6.18 Å². The number of nitrogens with two attached hydrogens (primary N) is 1. The van der Waals surface area contributed by atoms with E-state index in [9.17, 15) is 13.2 Å². The van der Waals surface area contributed by atoms with Crippen LogP contribution in [-0.4, -0.2) is 9.97 Å². The van der Waals surface area contributed by atoms with Crippen LogP contribution in [0.4, 0.5) is 13.2 Å². The Balaban J connectivity index is 2.66. The molecule has 0 fully saturated rings. The van der Waals surface area contributed by atoms with E-state index in [0.717, 1.165) is 0 Å². The molecule has 0 unspecified atom stereocenters. The number of aromatic nitrogens is 2. The second-order valence-corrected chi connectivity index (χ2v) is 4.18. The number of hydrogen-bond acceptors (Lipinski definition) is 3. The Labute approximate surface area is 112 Å². The predicted octanol–water partition coefficient (Wildman–Crippen LogP) is 3.27. The maximum atomic E-state index is 13.1. The molecule has 0 aliphatic carbocycles. The minimum absolute atomic E-state index is 0.0559. The van der Waals surface area contributed by atoms with Crippen LogP contribution in [0.25, 0.3) is 11.3 Å². The molecule has 0 saturated heterocycles. The average molecular weight is 288 g/mol. The van der Waals surface area contributed by atoms with Gasteiger partial charge in [-0.25, -0.2) is 0 Å². The monoisotopic (exact) mass is 287 g/mol. The van der Waals surface area contributed by atoms with Crippen molar-refractivity contribution in [2.75, 3.05) is 0 Å². The van der Waals surface area contributed by atoms with E-state index in [2.05, 4.69) is 9.97 Å². The lowest BCUT2D eigenvalue weighted by atomic mass is 10.0. The third-order valence-corrected chi connectivity index (χ3v) is 2.73. The van der Waals surface area contributed by atoms with Crippen molar-refractivity contribution in [1.82, 2.24) is 9.97 Å². The van der Waals surface area contributed by atoms with Gasteiger partial charge in [0, 0.05) is 24.5 Å². The highest BCUT2D eigenvalue weighted by atomic mass is 35.5. The summed E-state index contributed by atoms with van der Waals surface area (Å²) in [6.45, 7) is -0.295. The first-order chi connectivity index (χ1) is 8.93. The minimum Gasteiger partial charge on any atom is -0.325 e. The first-order valence-electron chi connectivity index (χ1n) is 5.30. The van der Waals surface area contributed by atoms with Crippen LogP contribution in [-0.2, 0) is 12.7 Å². The summed E-state index contributed by atoms with van der Waals surface area (Å²) in [4.78, 5) is 7.57. The summed E-state index contributed by atoms with van der Waals surface area (Å²) in [7, 11) is 0. The van der Waals surface area contributed by atoms with Gasteiger partial charge in [0.2, 0.25) is 0 Å². The third kappa shape index (κ3) is 2.85. The highest BCUT2D eigenvalue weighted by Gasteiger charge is 2.37. The Morgan fingerprint density at radius 2 is 1.89 bits per heavy atom. The maximum Gasteiger partial charge on any atom is 0.418 e. The van der Waals surface area contributed by atoms with Crippen molar-refractivity contribution >= 4 is 11.6 Å². The highest BCUT2D eigenvalue weighted by Crippen LogP contribution is 2.38. The fourth-order valence-electron chi connectivity index (χ4n) is 1.72. The number of hydrogen-bond donors (Lipinski definition) is 1. The molecule has 0 aliphatic rings. The summed E-state index contributed by atoms with van der Waals surface area (Å²) in [6, 6.07) is 4.16. The molecule has 0 amide bonds. The Bertz CT molecular complexity index is 582. The fourth-order valence-corrected chi connectivity index (χ4v) is 1.84. The summed E-state index contributed by atoms with van der Waals surface area (Å²) >= 11 is 5.67. The van der Waals surface area contributed by atoms with Crippen molar-refractivity contribution in [1.29, 1.82) is 0 Å². The smallest absolute Gasteiger partial charge is 0.325 e. The molecule has 7 heteroatoms. The summed E-state index contributed by atoms with van der Waals surface area (Å²) in [6.07, 6.45) is -1.97. The molecule has 0 bridgehead atoms. The van der Waals surface area contributed by atoms with E-state index in [1.165, 1.54) is 30.6 Å². The van der Waals surface area contributed by atoms with Crippen LogP contribution >= 0.6 is 11.6 Å². The maximum absolute atomic E-state index is 13.1. The molecule has 2 heterocycles. The topological polar surface area (TPSA) is 51.8 Å². The van der Waals surface area contributed by atoms with Crippen molar-refractivity contribution < 1.29 is 13.2 Å². The van der Waals surface area contributed by atoms with Gasteiger partial charge in [0.1, 0.15) is 0 Å². The molecule has 0 saturated carbocycles. The number of alkyl halides is 3. The minimum atomic E-state index is -4.54. The van der Waals surface area contributed by atoms with Gasteiger partial charge in [-0.3, -0.25) is 9.97 Å². The fraction of sp³-hybridized carbons (Fsp3) is 0.167. The van der Waals surface area contributed by atoms with Crippen LogP contribution in [0.3, 0.4) is 0 Å². The quantitative estimate of drug-likeness (QED) is 0.922. The lowest BCUT2D eigenvalue weighted by molar-refractivity contribution is -0.138. The zero-order valence-corrected chi connectivity index (χ0v) is 10.3. The van der Waals surface area contributed by atoms with Crippen LogP contribution in [0.5, 0.6) is 0 Å². The molecular weight excluding hydrogens is 279 g/mol. The van der Waals surface area contributed by atoms with Crippen LogP contribution in [0.2, 0.25) is 5.02 Å². The molecule has 19 heavy (non-hydrogen) atoms. The molecule has 100 valence electrons. The largest absolute Gasteiger partial charge is 0.418 e. The normalized spacial score (nSPS) is 11.6. The lowest BCUT2D eigenvalue weighted by Gasteiger charge is -2.15. The Morgan fingerprint density at radius 1 is 1.16 bits per heavy atom. The molecule has 2 N–H and O–H groups in total. The Kier molecular flexibility index (Phi) is 3.73. The van der Waals surface area contributed by atoms with Gasteiger partial charge in [0.25, 0.3) is 0 Å². The standard InChI is InChI=1S/C12H9ClF3N3/c13-7-1-2-9(19-6-7)8-3-4-18-10(5-17)11(8)12(14,15)16/h1-4,6H,5,17H2. The van der Waals surface area contributed by atoms with Gasteiger partial charge in [-0.2, -0.15) is 13.2 Å². The van der Waals surface area contributed by atoms with E-state index in [0.29, 0.717) is 5.02 Å². The predicted molar refractivity (Wildman–Crippen MR) is 65.4 cm³/mol. The van der Waals surface area contributed by atoms with Gasteiger partial charge < -0.3 is 5.73 Å². The molecule has 0 atom stereocenters. The second-order valence-electron chi connectivity index (χ2n) is 3.74. The van der Waals surface area contributed by atoms with Gasteiger partial charge in [0.05, 0.1) is 22.0 Å². The number of nitrogens with zero attached hydrogens (tertiary/aromatic N) is 2. The van der Waals surface area contributed by atoms with E-state index < -0.39 is 11.7 Å². The first kappa shape index (κ1) is 13.8.